The van der Waals surface area contributed by atoms with Crippen LogP contribution in [0.25, 0.3) is 10.9 Å². The maximum absolute atomic E-state index is 13.2. The quantitative estimate of drug-likeness (QED) is 0.170. The van der Waals surface area contributed by atoms with Crippen molar-refractivity contribution in [1.29, 1.82) is 0 Å². The van der Waals surface area contributed by atoms with Crippen molar-refractivity contribution in [3.8, 4) is 5.75 Å². The van der Waals surface area contributed by atoms with Crippen molar-refractivity contribution in [1.82, 2.24) is 30.1 Å². The van der Waals surface area contributed by atoms with E-state index in [9.17, 15) is 24.0 Å². The van der Waals surface area contributed by atoms with Crippen LogP contribution in [0.15, 0.2) is 53.5 Å². The Kier molecular flexibility index (Phi) is 11.3. The summed E-state index contributed by atoms with van der Waals surface area (Å²) in [5.74, 6) is 0.00100. The molecule has 1 saturated carbocycles. The number of halogens is 1. The third kappa shape index (κ3) is 8.17. The first-order chi connectivity index (χ1) is 29.9. The lowest BCUT2D eigenvalue weighted by molar-refractivity contribution is -0.137. The van der Waals surface area contributed by atoms with E-state index < -0.39 is 6.04 Å². The molecule has 1 aliphatic carbocycles. The van der Waals surface area contributed by atoms with Gasteiger partial charge in [-0.15, -0.1) is 0 Å². The fourth-order valence-corrected chi connectivity index (χ4v) is 9.93. The summed E-state index contributed by atoms with van der Waals surface area (Å²) >= 11 is 6.60. The van der Waals surface area contributed by atoms with Crippen molar-refractivity contribution in [2.45, 2.75) is 96.1 Å². The van der Waals surface area contributed by atoms with Crippen LogP contribution in [0, 0.1) is 5.41 Å². The topological polar surface area (TPSA) is 180 Å². The number of ether oxygens (including phenoxy) is 2. The van der Waals surface area contributed by atoms with Crippen LogP contribution in [0.3, 0.4) is 0 Å². The van der Waals surface area contributed by atoms with Gasteiger partial charge in [0, 0.05) is 80.0 Å². The number of likely N-dealkylation sites (N-methyl/N-ethyl adjacent to an activating group) is 1. The van der Waals surface area contributed by atoms with E-state index in [0.29, 0.717) is 41.0 Å². The average Bonchev–Trinajstić information content (AvgIpc) is 3.57. The standard InChI is InChI=1S/C45H52ClN9O7/c1-26(2)55-35-7-4-29(18-27(35)20-37(43(55)60)61-23-39(57)47-3)49-40-34(46)21-48-44(51-40)52-16-12-32(13-17-52)62-31-10-14-45(15-11-31)24-53(25-45)30-5-6-33-28(19-30)22-54(42(33)59)36-8-9-38(56)50-41(36)58/h4-7,18-21,26,31-32,36H,8-17,22-25H2,1-3H3,(H,47,57)(H,48,49,51)(H,50,56,58). The number of carbonyl (C=O) groups is 4. The largest absolute Gasteiger partial charge is 0.478 e. The molecule has 16 nitrogen and oxygen atoms in total. The number of pyridine rings is 1. The Labute approximate surface area is 364 Å². The smallest absolute Gasteiger partial charge is 0.293 e. The fourth-order valence-electron chi connectivity index (χ4n) is 9.79. The molecule has 0 bridgehead atoms. The van der Waals surface area contributed by atoms with E-state index in [4.69, 9.17) is 26.1 Å². The van der Waals surface area contributed by atoms with Gasteiger partial charge in [0.05, 0.1) is 23.9 Å². The SMILES string of the molecule is CNC(=O)COc1cc2cc(Nc3nc(N4CCC(OC5CCC6(CC5)CN(c5ccc7c(c5)CN(C5CCC(=O)NC5=O)C7=O)C6)CC4)ncc3Cl)ccc2n(C(C)C)c1=O. The Hall–Kier alpha value is -5.74. The molecule has 326 valence electrons. The number of hydrogen-bond acceptors (Lipinski definition) is 12. The van der Waals surface area contributed by atoms with E-state index in [0.717, 1.165) is 86.9 Å². The second-order valence-electron chi connectivity index (χ2n) is 17.6. The van der Waals surface area contributed by atoms with Crippen LogP contribution in [0.4, 0.5) is 23.1 Å². The number of nitrogens with zero attached hydrogens (tertiary/aromatic N) is 6. The molecule has 17 heteroatoms. The number of aromatic nitrogens is 3. The first kappa shape index (κ1) is 41.6. The number of rotatable bonds is 11. The molecular weight excluding hydrogens is 814 g/mol. The Bertz CT molecular complexity index is 2490. The van der Waals surface area contributed by atoms with Crippen molar-refractivity contribution in [2.24, 2.45) is 5.41 Å². The van der Waals surface area contributed by atoms with Gasteiger partial charge in [0.2, 0.25) is 17.8 Å². The number of hydrogen-bond donors (Lipinski definition) is 3. The first-order valence-electron chi connectivity index (χ1n) is 21.6. The molecule has 1 atom stereocenters. The van der Waals surface area contributed by atoms with Gasteiger partial charge in [-0.05, 0) is 107 Å². The predicted molar refractivity (Wildman–Crippen MR) is 234 cm³/mol. The van der Waals surface area contributed by atoms with Gasteiger partial charge >= 0.3 is 0 Å². The minimum Gasteiger partial charge on any atom is -0.478 e. The van der Waals surface area contributed by atoms with Crippen molar-refractivity contribution in [3.63, 3.8) is 0 Å². The van der Waals surface area contributed by atoms with Gasteiger partial charge in [-0.1, -0.05) is 11.6 Å². The molecule has 6 heterocycles. The van der Waals surface area contributed by atoms with Crippen LogP contribution in [-0.4, -0.2) is 101 Å². The summed E-state index contributed by atoms with van der Waals surface area (Å²) < 4.78 is 14.0. The lowest BCUT2D eigenvalue weighted by atomic mass is 9.67. The highest BCUT2D eigenvalue weighted by atomic mass is 35.5. The fraction of sp³-hybridized carbons (Fsp3) is 0.489. The number of benzene rings is 2. The van der Waals surface area contributed by atoms with Gasteiger partial charge in [0.1, 0.15) is 11.1 Å². The molecule has 1 unspecified atom stereocenters. The molecule has 4 fully saturated rings. The highest BCUT2D eigenvalue weighted by Gasteiger charge is 2.46. The van der Waals surface area contributed by atoms with Gasteiger partial charge < -0.3 is 39.4 Å². The van der Waals surface area contributed by atoms with Gasteiger partial charge in [0.15, 0.2) is 18.2 Å². The van der Waals surface area contributed by atoms with Crippen LogP contribution in [0.2, 0.25) is 5.02 Å². The van der Waals surface area contributed by atoms with Gasteiger partial charge in [-0.25, -0.2) is 4.98 Å². The Morgan fingerprint density at radius 1 is 0.968 bits per heavy atom. The number of fused-ring (bicyclic) bond motifs is 2. The molecule has 0 radical (unpaired) electrons. The number of nitrogens with one attached hydrogen (secondary N) is 3. The summed E-state index contributed by atoms with van der Waals surface area (Å²) in [7, 11) is 1.51. The molecule has 2 aromatic carbocycles. The van der Waals surface area contributed by atoms with Crippen LogP contribution in [0.5, 0.6) is 5.75 Å². The zero-order valence-electron chi connectivity index (χ0n) is 35.2. The Balaban J connectivity index is 0.759. The summed E-state index contributed by atoms with van der Waals surface area (Å²) in [6.45, 7) is 7.46. The number of imide groups is 1. The molecule has 4 aliphatic heterocycles. The molecule has 2 aromatic heterocycles. The van der Waals surface area contributed by atoms with E-state index in [1.807, 2.05) is 44.2 Å². The summed E-state index contributed by atoms with van der Waals surface area (Å²) in [6, 6.07) is 12.6. The van der Waals surface area contributed by atoms with E-state index >= 15 is 0 Å². The first-order valence-corrected chi connectivity index (χ1v) is 22.0. The van der Waals surface area contributed by atoms with E-state index in [2.05, 4.69) is 36.8 Å². The molecule has 62 heavy (non-hydrogen) atoms. The van der Waals surface area contributed by atoms with Crippen molar-refractivity contribution in [2.75, 3.05) is 55.0 Å². The molecule has 9 rings (SSSR count). The van der Waals surface area contributed by atoms with Crippen LogP contribution >= 0.6 is 11.6 Å². The zero-order valence-corrected chi connectivity index (χ0v) is 36.0. The molecule has 3 saturated heterocycles. The average molecular weight is 866 g/mol. The van der Waals surface area contributed by atoms with Crippen molar-refractivity contribution < 1.29 is 28.7 Å². The lowest BCUT2D eigenvalue weighted by Gasteiger charge is -2.54. The highest BCUT2D eigenvalue weighted by molar-refractivity contribution is 6.33. The van der Waals surface area contributed by atoms with Gasteiger partial charge in [-0.2, -0.15) is 4.98 Å². The van der Waals surface area contributed by atoms with Crippen LogP contribution in [0.1, 0.15) is 87.2 Å². The maximum Gasteiger partial charge on any atom is 0.293 e. The van der Waals surface area contributed by atoms with Gasteiger partial charge in [-0.3, -0.25) is 29.3 Å². The summed E-state index contributed by atoms with van der Waals surface area (Å²) in [5, 5.41) is 9.35. The molecule has 4 aromatic rings. The molecule has 1 spiro atoms. The summed E-state index contributed by atoms with van der Waals surface area (Å²) in [5.41, 5.74) is 4.11. The van der Waals surface area contributed by atoms with E-state index in [1.54, 1.807) is 21.7 Å². The third-order valence-electron chi connectivity index (χ3n) is 13.2. The van der Waals surface area contributed by atoms with Crippen molar-refractivity contribution >= 4 is 69.3 Å². The van der Waals surface area contributed by atoms with Crippen molar-refractivity contribution in [3.05, 3.63) is 75.2 Å². The second kappa shape index (κ2) is 16.9. The number of piperidine rings is 2. The monoisotopic (exact) mass is 865 g/mol. The third-order valence-corrected chi connectivity index (χ3v) is 13.5. The highest BCUT2D eigenvalue weighted by Crippen LogP contribution is 2.47. The molecule has 3 N–H and O–H groups in total. The zero-order chi connectivity index (χ0) is 43.3. The maximum atomic E-state index is 13.2. The predicted octanol–water partition coefficient (Wildman–Crippen LogP) is 5.09. The summed E-state index contributed by atoms with van der Waals surface area (Å²) in [6.07, 6.45) is 8.70. The summed E-state index contributed by atoms with van der Waals surface area (Å²) in [4.78, 5) is 77.9. The minimum absolute atomic E-state index is 0.0938. The van der Waals surface area contributed by atoms with Crippen LogP contribution in [-0.2, 0) is 25.7 Å². The Morgan fingerprint density at radius 2 is 1.73 bits per heavy atom. The van der Waals surface area contributed by atoms with E-state index in [1.165, 1.54) is 7.05 Å². The molecule has 5 aliphatic rings. The molecule has 4 amide bonds. The second-order valence-corrected chi connectivity index (χ2v) is 18.0. The van der Waals surface area contributed by atoms with Crippen LogP contribution < -0.4 is 36.0 Å². The molecular formula is C45H52ClN9O7. The minimum atomic E-state index is -0.609. The van der Waals surface area contributed by atoms with E-state index in [-0.39, 0.29) is 71.6 Å². The normalized spacial score (nSPS) is 20.4. The van der Waals surface area contributed by atoms with Gasteiger partial charge in [0.25, 0.3) is 17.4 Å². The number of amides is 4. The lowest BCUT2D eigenvalue weighted by Crippen LogP contribution is -2.58. The Morgan fingerprint density at radius 3 is 2.45 bits per heavy atom. The number of anilines is 4. The number of carbonyl (C=O) groups excluding carboxylic acids is 4.